The highest BCUT2D eigenvalue weighted by Crippen LogP contribution is 2.45. The SMILES string of the molecule is CCOC(=O)C1=C(O)C(C)(C)C(c2ccccc2)=CC1. The highest BCUT2D eigenvalue weighted by atomic mass is 16.5. The average molecular weight is 272 g/mol. The van der Waals surface area contributed by atoms with E-state index < -0.39 is 11.4 Å². The Hall–Kier alpha value is -2.03. The molecule has 0 fully saturated rings. The van der Waals surface area contributed by atoms with Gasteiger partial charge in [0.15, 0.2) is 0 Å². The first-order valence-corrected chi connectivity index (χ1v) is 6.84. The molecule has 0 atom stereocenters. The van der Waals surface area contributed by atoms with E-state index in [9.17, 15) is 9.90 Å². The van der Waals surface area contributed by atoms with Crippen molar-refractivity contribution in [2.45, 2.75) is 27.2 Å². The molecular formula is C17H20O3. The van der Waals surface area contributed by atoms with Crippen LogP contribution in [0.2, 0.25) is 0 Å². The van der Waals surface area contributed by atoms with Gasteiger partial charge in [-0.1, -0.05) is 36.4 Å². The van der Waals surface area contributed by atoms with Crippen LogP contribution < -0.4 is 0 Å². The number of aliphatic hydroxyl groups excluding tert-OH is 1. The molecule has 1 aromatic carbocycles. The number of aliphatic hydroxyl groups is 1. The van der Waals surface area contributed by atoms with Gasteiger partial charge in [0.2, 0.25) is 0 Å². The highest BCUT2D eigenvalue weighted by molar-refractivity contribution is 5.92. The lowest BCUT2D eigenvalue weighted by Crippen LogP contribution is -2.25. The number of rotatable bonds is 3. The Bertz CT molecular complexity index is 565. The maximum absolute atomic E-state index is 11.9. The number of carbonyl (C=O) groups is 1. The van der Waals surface area contributed by atoms with Crippen molar-refractivity contribution in [3.8, 4) is 0 Å². The van der Waals surface area contributed by atoms with Gasteiger partial charge in [-0.15, -0.1) is 0 Å². The van der Waals surface area contributed by atoms with Crippen LogP contribution >= 0.6 is 0 Å². The lowest BCUT2D eigenvalue weighted by Gasteiger charge is -2.32. The van der Waals surface area contributed by atoms with E-state index in [4.69, 9.17) is 4.74 Å². The molecular weight excluding hydrogens is 252 g/mol. The quantitative estimate of drug-likeness (QED) is 0.849. The van der Waals surface area contributed by atoms with E-state index in [1.54, 1.807) is 6.92 Å². The van der Waals surface area contributed by atoms with Crippen LogP contribution in [-0.4, -0.2) is 17.7 Å². The molecule has 0 aliphatic heterocycles. The molecule has 1 aromatic rings. The second kappa shape index (κ2) is 5.53. The Balaban J connectivity index is 2.38. The molecule has 0 heterocycles. The van der Waals surface area contributed by atoms with Crippen LogP contribution in [0.25, 0.3) is 5.57 Å². The third kappa shape index (κ3) is 2.48. The number of carbonyl (C=O) groups excluding carboxylic acids is 1. The van der Waals surface area contributed by atoms with E-state index in [1.165, 1.54) is 0 Å². The van der Waals surface area contributed by atoms with Crippen LogP contribution in [0.4, 0.5) is 0 Å². The first kappa shape index (κ1) is 14.4. The normalized spacial score (nSPS) is 17.6. The first-order valence-electron chi connectivity index (χ1n) is 6.84. The molecule has 0 unspecified atom stereocenters. The summed E-state index contributed by atoms with van der Waals surface area (Å²) in [5, 5.41) is 10.5. The van der Waals surface area contributed by atoms with Gasteiger partial charge in [-0.3, -0.25) is 0 Å². The van der Waals surface area contributed by atoms with E-state index >= 15 is 0 Å². The zero-order valence-electron chi connectivity index (χ0n) is 12.1. The van der Waals surface area contributed by atoms with Crippen LogP contribution in [0.3, 0.4) is 0 Å². The van der Waals surface area contributed by atoms with Crippen LogP contribution in [-0.2, 0) is 9.53 Å². The molecule has 106 valence electrons. The Morgan fingerprint density at radius 3 is 2.55 bits per heavy atom. The molecule has 0 aromatic heterocycles. The standard InChI is InChI=1S/C17H20O3/c1-4-20-16(19)13-10-11-14(17(2,3)15(13)18)12-8-6-5-7-9-12/h5-9,11,18H,4,10H2,1-3H3. The van der Waals surface area contributed by atoms with Gasteiger partial charge in [-0.25, -0.2) is 4.79 Å². The van der Waals surface area contributed by atoms with E-state index in [1.807, 2.05) is 50.3 Å². The fraction of sp³-hybridized carbons (Fsp3) is 0.353. The molecule has 3 heteroatoms. The molecule has 1 N–H and O–H groups in total. The second-order valence-electron chi connectivity index (χ2n) is 5.36. The summed E-state index contributed by atoms with van der Waals surface area (Å²) in [5.41, 5.74) is 1.86. The summed E-state index contributed by atoms with van der Waals surface area (Å²) < 4.78 is 5.00. The van der Waals surface area contributed by atoms with Crippen molar-refractivity contribution in [3.63, 3.8) is 0 Å². The molecule has 0 bridgehead atoms. The molecule has 20 heavy (non-hydrogen) atoms. The number of ether oxygens (including phenoxy) is 1. The van der Waals surface area contributed by atoms with Crippen molar-refractivity contribution in [2.24, 2.45) is 5.41 Å². The smallest absolute Gasteiger partial charge is 0.337 e. The number of esters is 1. The van der Waals surface area contributed by atoms with E-state index in [0.29, 0.717) is 18.6 Å². The van der Waals surface area contributed by atoms with Gasteiger partial charge >= 0.3 is 5.97 Å². The summed E-state index contributed by atoms with van der Waals surface area (Å²) in [7, 11) is 0. The van der Waals surface area contributed by atoms with E-state index in [2.05, 4.69) is 0 Å². The Labute approximate surface area is 119 Å². The summed E-state index contributed by atoms with van der Waals surface area (Å²) in [4.78, 5) is 11.9. The Kier molecular flexibility index (Phi) is 3.98. The summed E-state index contributed by atoms with van der Waals surface area (Å²) in [6, 6.07) is 9.91. The topological polar surface area (TPSA) is 46.5 Å². The van der Waals surface area contributed by atoms with Crippen LogP contribution in [0.1, 0.15) is 32.8 Å². The predicted molar refractivity (Wildman–Crippen MR) is 79.1 cm³/mol. The highest BCUT2D eigenvalue weighted by Gasteiger charge is 2.36. The lowest BCUT2D eigenvalue weighted by atomic mass is 9.73. The van der Waals surface area contributed by atoms with Gasteiger partial charge < -0.3 is 9.84 Å². The maximum Gasteiger partial charge on any atom is 0.337 e. The molecule has 0 saturated carbocycles. The third-order valence-electron chi connectivity index (χ3n) is 3.67. The molecule has 0 spiro atoms. The minimum absolute atomic E-state index is 0.109. The van der Waals surface area contributed by atoms with Crippen molar-refractivity contribution in [3.05, 3.63) is 53.3 Å². The maximum atomic E-state index is 11.9. The number of benzene rings is 1. The van der Waals surface area contributed by atoms with Crippen molar-refractivity contribution >= 4 is 11.5 Å². The number of hydrogen-bond donors (Lipinski definition) is 1. The average Bonchev–Trinajstić information content (AvgIpc) is 2.43. The van der Waals surface area contributed by atoms with E-state index in [-0.39, 0.29) is 5.76 Å². The lowest BCUT2D eigenvalue weighted by molar-refractivity contribution is -0.138. The van der Waals surface area contributed by atoms with Gasteiger partial charge in [-0.2, -0.15) is 0 Å². The van der Waals surface area contributed by atoms with Crippen molar-refractivity contribution < 1.29 is 14.6 Å². The zero-order valence-corrected chi connectivity index (χ0v) is 12.1. The predicted octanol–water partition coefficient (Wildman–Crippen LogP) is 3.88. The zero-order chi connectivity index (χ0) is 14.8. The monoisotopic (exact) mass is 272 g/mol. The molecule has 0 radical (unpaired) electrons. The molecule has 2 rings (SSSR count). The summed E-state index contributed by atoms with van der Waals surface area (Å²) in [6.07, 6.45) is 2.40. The molecule has 1 aliphatic carbocycles. The minimum Gasteiger partial charge on any atom is -0.511 e. The van der Waals surface area contributed by atoms with Gasteiger partial charge in [0.05, 0.1) is 12.2 Å². The fourth-order valence-corrected chi connectivity index (χ4v) is 2.56. The minimum atomic E-state index is -0.596. The number of allylic oxidation sites excluding steroid dienone is 2. The fourth-order valence-electron chi connectivity index (χ4n) is 2.56. The van der Waals surface area contributed by atoms with Crippen molar-refractivity contribution in [1.82, 2.24) is 0 Å². The van der Waals surface area contributed by atoms with Gasteiger partial charge in [0.1, 0.15) is 5.76 Å². The van der Waals surface area contributed by atoms with E-state index in [0.717, 1.165) is 11.1 Å². The largest absolute Gasteiger partial charge is 0.511 e. The van der Waals surface area contributed by atoms with Gasteiger partial charge in [-0.05, 0) is 31.9 Å². The molecule has 3 nitrogen and oxygen atoms in total. The molecule has 0 saturated heterocycles. The Morgan fingerprint density at radius 2 is 1.95 bits per heavy atom. The van der Waals surface area contributed by atoms with Crippen LogP contribution in [0.5, 0.6) is 0 Å². The van der Waals surface area contributed by atoms with Gasteiger partial charge in [0.25, 0.3) is 0 Å². The van der Waals surface area contributed by atoms with Crippen LogP contribution in [0.15, 0.2) is 47.7 Å². The van der Waals surface area contributed by atoms with Crippen molar-refractivity contribution in [1.29, 1.82) is 0 Å². The summed E-state index contributed by atoms with van der Waals surface area (Å²) in [5.74, 6) is -0.321. The first-order chi connectivity index (χ1) is 9.48. The number of hydrogen-bond acceptors (Lipinski definition) is 3. The summed E-state index contributed by atoms with van der Waals surface area (Å²) >= 11 is 0. The molecule has 0 amide bonds. The molecule has 1 aliphatic rings. The van der Waals surface area contributed by atoms with Crippen molar-refractivity contribution in [2.75, 3.05) is 6.61 Å². The Morgan fingerprint density at radius 1 is 1.30 bits per heavy atom. The second-order valence-corrected chi connectivity index (χ2v) is 5.36. The van der Waals surface area contributed by atoms with Gasteiger partial charge in [0, 0.05) is 11.8 Å². The summed E-state index contributed by atoms with van der Waals surface area (Å²) in [6.45, 7) is 5.90. The third-order valence-corrected chi connectivity index (χ3v) is 3.67. The van der Waals surface area contributed by atoms with Crippen LogP contribution in [0, 0.1) is 5.41 Å².